The van der Waals surface area contributed by atoms with Crippen LogP contribution < -0.4 is 15.4 Å². The predicted molar refractivity (Wildman–Crippen MR) is 115 cm³/mol. The maximum Gasteiger partial charge on any atom is 0.253 e. The first-order valence-electron chi connectivity index (χ1n) is 10.0. The Bertz CT molecular complexity index is 975. The van der Waals surface area contributed by atoms with Gasteiger partial charge in [-0.05, 0) is 62.4 Å². The quantitative estimate of drug-likeness (QED) is 0.659. The molecule has 29 heavy (non-hydrogen) atoms. The third kappa shape index (κ3) is 3.57. The second-order valence-corrected chi connectivity index (χ2v) is 8.88. The highest BCUT2D eigenvalue weighted by molar-refractivity contribution is 6.01. The van der Waals surface area contributed by atoms with E-state index in [0.717, 1.165) is 23.2 Å². The fourth-order valence-corrected chi connectivity index (χ4v) is 4.44. The van der Waals surface area contributed by atoms with Crippen LogP contribution in [0.25, 0.3) is 0 Å². The van der Waals surface area contributed by atoms with Crippen molar-refractivity contribution in [2.24, 2.45) is 5.92 Å². The van der Waals surface area contributed by atoms with Crippen molar-refractivity contribution in [3.8, 4) is 11.5 Å². The first-order valence-corrected chi connectivity index (χ1v) is 10.0. The van der Waals surface area contributed by atoms with Crippen LogP contribution in [0.1, 0.15) is 60.6 Å². The largest absolute Gasteiger partial charge is 0.504 e. The summed E-state index contributed by atoms with van der Waals surface area (Å²) in [6.45, 7) is 5.94. The smallest absolute Gasteiger partial charge is 0.253 e. The van der Waals surface area contributed by atoms with E-state index in [0.29, 0.717) is 17.2 Å². The number of aromatic hydroxyl groups is 1. The maximum absolute atomic E-state index is 13.0. The topological polar surface area (TPSA) is 70.6 Å². The van der Waals surface area contributed by atoms with Crippen molar-refractivity contribution in [2.75, 3.05) is 12.4 Å². The van der Waals surface area contributed by atoms with Crippen molar-refractivity contribution in [1.82, 2.24) is 5.32 Å². The molecule has 1 heterocycles. The molecule has 1 aliphatic heterocycles. The number of para-hydroxylation sites is 1. The Morgan fingerprint density at radius 1 is 1.24 bits per heavy atom. The molecular formula is C24H28N2O3. The van der Waals surface area contributed by atoms with Crippen LogP contribution in [0.15, 0.2) is 48.6 Å². The standard InChI is InChI=1S/C24H28N2O3/c1-24(2,3)26-23(28)18-10-6-9-17-15-7-5-8-16(15)21(25-22(17)18)14-11-12-19(27)20(13-14)29-4/h5-7,9-13,15-16,21,25,27H,8H2,1-4H3,(H,26,28). The molecule has 2 aromatic carbocycles. The Labute approximate surface area is 171 Å². The first-order chi connectivity index (χ1) is 13.8. The third-order valence-corrected chi connectivity index (χ3v) is 5.69. The number of benzene rings is 2. The average molecular weight is 392 g/mol. The molecule has 5 heteroatoms. The van der Waals surface area contributed by atoms with Gasteiger partial charge in [0.25, 0.3) is 5.91 Å². The number of hydrogen-bond donors (Lipinski definition) is 3. The monoisotopic (exact) mass is 392 g/mol. The summed E-state index contributed by atoms with van der Waals surface area (Å²) in [7, 11) is 1.55. The molecule has 3 atom stereocenters. The summed E-state index contributed by atoms with van der Waals surface area (Å²) in [6.07, 6.45) is 5.43. The number of ether oxygens (including phenoxy) is 1. The van der Waals surface area contributed by atoms with Crippen LogP contribution in [0, 0.1) is 5.92 Å². The lowest BCUT2D eigenvalue weighted by molar-refractivity contribution is 0.0920. The van der Waals surface area contributed by atoms with Crippen molar-refractivity contribution in [2.45, 2.75) is 44.7 Å². The van der Waals surface area contributed by atoms with Gasteiger partial charge in [-0.2, -0.15) is 0 Å². The summed E-state index contributed by atoms with van der Waals surface area (Å²) in [5, 5.41) is 16.7. The van der Waals surface area contributed by atoms with Crippen LogP contribution >= 0.6 is 0 Å². The molecular weight excluding hydrogens is 364 g/mol. The zero-order valence-corrected chi connectivity index (χ0v) is 17.3. The average Bonchev–Trinajstić information content (AvgIpc) is 3.16. The molecule has 1 amide bonds. The number of phenolic OH excluding ortho intramolecular Hbond substituents is 1. The molecule has 152 valence electrons. The van der Waals surface area contributed by atoms with Gasteiger partial charge < -0.3 is 20.5 Å². The minimum absolute atomic E-state index is 0.0144. The summed E-state index contributed by atoms with van der Waals surface area (Å²) in [5.41, 5.74) is 3.43. The van der Waals surface area contributed by atoms with Gasteiger partial charge in [-0.3, -0.25) is 4.79 Å². The van der Waals surface area contributed by atoms with Crippen LogP contribution in [-0.4, -0.2) is 23.7 Å². The molecule has 1 aliphatic carbocycles. The molecule has 4 rings (SSSR count). The Balaban J connectivity index is 1.77. The second kappa shape index (κ2) is 7.14. The Hall–Kier alpha value is -2.95. The van der Waals surface area contributed by atoms with Gasteiger partial charge in [0, 0.05) is 11.5 Å². The highest BCUT2D eigenvalue weighted by Gasteiger charge is 2.39. The number of carbonyl (C=O) groups excluding carboxylic acids is 1. The highest BCUT2D eigenvalue weighted by atomic mass is 16.5. The summed E-state index contributed by atoms with van der Waals surface area (Å²) in [6, 6.07) is 11.4. The third-order valence-electron chi connectivity index (χ3n) is 5.69. The van der Waals surface area contributed by atoms with Crippen LogP contribution in [0.2, 0.25) is 0 Å². The molecule has 0 saturated carbocycles. The summed E-state index contributed by atoms with van der Waals surface area (Å²) >= 11 is 0. The van der Waals surface area contributed by atoms with Crippen molar-refractivity contribution < 1.29 is 14.6 Å². The zero-order chi connectivity index (χ0) is 20.8. The molecule has 0 aromatic heterocycles. The van der Waals surface area contributed by atoms with E-state index in [-0.39, 0.29) is 29.2 Å². The van der Waals surface area contributed by atoms with Gasteiger partial charge in [-0.15, -0.1) is 0 Å². The maximum atomic E-state index is 13.0. The number of hydrogen-bond acceptors (Lipinski definition) is 4. The molecule has 3 unspecified atom stereocenters. The van der Waals surface area contributed by atoms with Crippen molar-refractivity contribution in [3.05, 3.63) is 65.2 Å². The predicted octanol–water partition coefficient (Wildman–Crippen LogP) is 4.76. The van der Waals surface area contributed by atoms with Crippen molar-refractivity contribution in [1.29, 1.82) is 0 Å². The number of carbonyl (C=O) groups is 1. The van der Waals surface area contributed by atoms with E-state index in [1.807, 2.05) is 45.0 Å². The normalized spacial score (nSPS) is 22.4. The van der Waals surface area contributed by atoms with Crippen LogP contribution in [-0.2, 0) is 0 Å². The molecule has 0 fully saturated rings. The van der Waals surface area contributed by atoms with E-state index in [4.69, 9.17) is 4.74 Å². The number of allylic oxidation sites excluding steroid dienone is 2. The minimum atomic E-state index is -0.312. The minimum Gasteiger partial charge on any atom is -0.504 e. The Morgan fingerprint density at radius 2 is 2.03 bits per heavy atom. The fourth-order valence-electron chi connectivity index (χ4n) is 4.44. The molecule has 2 aliphatic rings. The number of methoxy groups -OCH3 is 1. The van der Waals surface area contributed by atoms with Crippen molar-refractivity contribution in [3.63, 3.8) is 0 Å². The highest BCUT2D eigenvalue weighted by Crippen LogP contribution is 2.51. The Morgan fingerprint density at radius 3 is 2.76 bits per heavy atom. The number of nitrogens with one attached hydrogen (secondary N) is 2. The number of phenols is 1. The van der Waals surface area contributed by atoms with Crippen LogP contribution in [0.3, 0.4) is 0 Å². The number of amides is 1. The van der Waals surface area contributed by atoms with Gasteiger partial charge in [0.2, 0.25) is 0 Å². The van der Waals surface area contributed by atoms with E-state index in [1.165, 1.54) is 0 Å². The molecule has 0 bridgehead atoms. The van der Waals surface area contributed by atoms with Gasteiger partial charge in [0.1, 0.15) is 0 Å². The van der Waals surface area contributed by atoms with Gasteiger partial charge in [-0.25, -0.2) is 0 Å². The van der Waals surface area contributed by atoms with Gasteiger partial charge in [0.05, 0.1) is 24.4 Å². The zero-order valence-electron chi connectivity index (χ0n) is 17.3. The lowest BCUT2D eigenvalue weighted by atomic mass is 9.76. The van der Waals surface area contributed by atoms with Crippen molar-refractivity contribution >= 4 is 11.6 Å². The second-order valence-electron chi connectivity index (χ2n) is 8.88. The molecule has 5 nitrogen and oxygen atoms in total. The lowest BCUT2D eigenvalue weighted by Gasteiger charge is -2.38. The molecule has 2 aromatic rings. The van der Waals surface area contributed by atoms with Gasteiger partial charge >= 0.3 is 0 Å². The van der Waals surface area contributed by atoms with Crippen LogP contribution in [0.4, 0.5) is 5.69 Å². The molecule has 3 N–H and O–H groups in total. The van der Waals surface area contributed by atoms with E-state index in [9.17, 15) is 9.90 Å². The van der Waals surface area contributed by atoms with E-state index >= 15 is 0 Å². The summed E-state index contributed by atoms with van der Waals surface area (Å²) in [5.74, 6) is 1.09. The number of anilines is 1. The molecule has 0 radical (unpaired) electrons. The molecule has 0 spiro atoms. The number of rotatable bonds is 3. The lowest BCUT2D eigenvalue weighted by Crippen LogP contribution is -2.41. The molecule has 0 saturated heterocycles. The van der Waals surface area contributed by atoms with E-state index in [2.05, 4.69) is 28.9 Å². The Kier molecular flexibility index (Phi) is 4.77. The van der Waals surface area contributed by atoms with E-state index in [1.54, 1.807) is 13.2 Å². The first kappa shape index (κ1) is 19.4. The van der Waals surface area contributed by atoms with Gasteiger partial charge in [0.15, 0.2) is 11.5 Å². The van der Waals surface area contributed by atoms with E-state index < -0.39 is 0 Å². The SMILES string of the molecule is COc1cc(C2Nc3c(C(=O)NC(C)(C)C)cccc3C3C=CCC32)ccc1O. The summed E-state index contributed by atoms with van der Waals surface area (Å²) in [4.78, 5) is 13.0. The summed E-state index contributed by atoms with van der Waals surface area (Å²) < 4.78 is 5.32. The van der Waals surface area contributed by atoms with Gasteiger partial charge in [-0.1, -0.05) is 30.4 Å². The van der Waals surface area contributed by atoms with Crippen LogP contribution in [0.5, 0.6) is 11.5 Å². The number of fused-ring (bicyclic) bond motifs is 3. The fraction of sp³-hybridized carbons (Fsp3) is 0.375.